The first-order valence-electron chi connectivity index (χ1n) is 9.43. The zero-order valence-electron chi connectivity index (χ0n) is 16.1. The predicted octanol–water partition coefficient (Wildman–Crippen LogP) is 2.39. The highest BCUT2D eigenvalue weighted by Crippen LogP contribution is 2.30. The molecule has 1 amide bonds. The number of amides is 1. The van der Waals surface area contributed by atoms with Gasteiger partial charge in [-0.15, -0.1) is 0 Å². The average Bonchev–Trinajstić information content (AvgIpc) is 3.21. The van der Waals surface area contributed by atoms with Crippen molar-refractivity contribution in [3.8, 4) is 16.9 Å². The molecule has 0 N–H and O–H groups in total. The first-order chi connectivity index (χ1) is 14.0. The zero-order valence-corrected chi connectivity index (χ0v) is 16.9. The lowest BCUT2D eigenvalue weighted by atomic mass is 10.2. The summed E-state index contributed by atoms with van der Waals surface area (Å²) in [6, 6.07) is 18.7. The van der Waals surface area contributed by atoms with E-state index in [2.05, 4.69) is 5.10 Å². The maximum Gasteiger partial charge on any atom is 0.246 e. The molecular weight excluding hydrogens is 388 g/mol. The largest absolute Gasteiger partial charge is 0.340 e. The molecule has 1 aliphatic rings. The van der Waals surface area contributed by atoms with E-state index < -0.39 is 10.0 Å². The molecule has 1 aromatic heterocycles. The van der Waals surface area contributed by atoms with Gasteiger partial charge >= 0.3 is 0 Å². The fraction of sp³-hybridized carbons (Fsp3) is 0.238. The first kappa shape index (κ1) is 19.4. The third kappa shape index (κ3) is 3.81. The van der Waals surface area contributed by atoms with Crippen LogP contribution in [0.2, 0.25) is 0 Å². The van der Waals surface area contributed by atoms with E-state index in [0.29, 0.717) is 18.8 Å². The van der Waals surface area contributed by atoms with Crippen LogP contribution in [-0.4, -0.2) is 59.5 Å². The van der Waals surface area contributed by atoms with Gasteiger partial charge in [0, 0.05) is 38.7 Å². The normalized spacial score (nSPS) is 15.4. The Morgan fingerprint density at radius 3 is 2.07 bits per heavy atom. The second-order valence-electron chi connectivity index (χ2n) is 6.90. The van der Waals surface area contributed by atoms with Gasteiger partial charge in [-0.05, 0) is 12.1 Å². The number of carbonyl (C=O) groups excluding carboxylic acids is 1. The number of hydrogen-bond acceptors (Lipinski definition) is 4. The van der Waals surface area contributed by atoms with Crippen molar-refractivity contribution < 1.29 is 13.2 Å². The van der Waals surface area contributed by atoms with Crippen LogP contribution in [0.1, 0.15) is 6.92 Å². The molecule has 0 radical (unpaired) electrons. The molecule has 1 fully saturated rings. The van der Waals surface area contributed by atoms with Gasteiger partial charge in [0.05, 0.1) is 11.9 Å². The van der Waals surface area contributed by atoms with E-state index in [9.17, 15) is 13.2 Å². The summed E-state index contributed by atoms with van der Waals surface area (Å²) >= 11 is 0. The van der Waals surface area contributed by atoms with E-state index >= 15 is 0 Å². The van der Waals surface area contributed by atoms with Crippen molar-refractivity contribution in [3.63, 3.8) is 0 Å². The maximum atomic E-state index is 13.5. The Morgan fingerprint density at radius 1 is 0.897 bits per heavy atom. The van der Waals surface area contributed by atoms with Crippen LogP contribution in [0.25, 0.3) is 16.9 Å². The summed E-state index contributed by atoms with van der Waals surface area (Å²) in [6.45, 7) is 2.82. The monoisotopic (exact) mass is 410 g/mol. The second kappa shape index (κ2) is 7.81. The summed E-state index contributed by atoms with van der Waals surface area (Å²) in [5.74, 6) is -0.0380. The van der Waals surface area contributed by atoms with E-state index in [1.807, 2.05) is 60.7 Å². The van der Waals surface area contributed by atoms with Gasteiger partial charge in [-0.25, -0.2) is 13.1 Å². The minimum Gasteiger partial charge on any atom is -0.340 e. The molecule has 1 aliphatic heterocycles. The minimum absolute atomic E-state index is 0.0380. The number of para-hydroxylation sites is 1. The molecule has 29 heavy (non-hydrogen) atoms. The highest BCUT2D eigenvalue weighted by Gasteiger charge is 2.33. The molecule has 0 atom stereocenters. The van der Waals surface area contributed by atoms with Crippen LogP contribution in [0.5, 0.6) is 0 Å². The lowest BCUT2D eigenvalue weighted by Gasteiger charge is -2.33. The number of sulfonamides is 1. The second-order valence-corrected chi connectivity index (χ2v) is 8.80. The molecule has 4 rings (SSSR count). The SMILES string of the molecule is CC(=O)N1CCN(S(=O)(=O)c2cn(-c3ccccc3)nc2-c2ccccc2)CC1. The summed E-state index contributed by atoms with van der Waals surface area (Å²) in [5, 5.41) is 4.60. The van der Waals surface area contributed by atoms with E-state index in [1.165, 1.54) is 11.2 Å². The van der Waals surface area contributed by atoms with Crippen molar-refractivity contribution in [1.29, 1.82) is 0 Å². The first-order valence-corrected chi connectivity index (χ1v) is 10.9. The number of piperazine rings is 1. The van der Waals surface area contributed by atoms with Gasteiger partial charge in [-0.2, -0.15) is 9.40 Å². The number of carbonyl (C=O) groups is 1. The van der Waals surface area contributed by atoms with Crippen molar-refractivity contribution in [3.05, 3.63) is 66.9 Å². The summed E-state index contributed by atoms with van der Waals surface area (Å²) < 4.78 is 30.0. The number of hydrogen-bond donors (Lipinski definition) is 0. The third-order valence-corrected chi connectivity index (χ3v) is 6.95. The van der Waals surface area contributed by atoms with Crippen LogP contribution in [-0.2, 0) is 14.8 Å². The molecule has 0 spiro atoms. The lowest BCUT2D eigenvalue weighted by molar-refractivity contribution is -0.129. The smallest absolute Gasteiger partial charge is 0.246 e. The third-order valence-electron chi connectivity index (χ3n) is 5.05. The van der Waals surface area contributed by atoms with Crippen LogP contribution in [0.3, 0.4) is 0 Å². The Morgan fingerprint density at radius 2 is 1.48 bits per heavy atom. The van der Waals surface area contributed by atoms with Crippen molar-refractivity contribution in [2.24, 2.45) is 0 Å². The van der Waals surface area contributed by atoms with E-state index in [-0.39, 0.29) is 23.9 Å². The highest BCUT2D eigenvalue weighted by molar-refractivity contribution is 7.89. The van der Waals surface area contributed by atoms with Crippen molar-refractivity contribution in [2.75, 3.05) is 26.2 Å². The fourth-order valence-electron chi connectivity index (χ4n) is 3.44. The van der Waals surface area contributed by atoms with Crippen LogP contribution in [0, 0.1) is 0 Å². The summed E-state index contributed by atoms with van der Waals surface area (Å²) in [4.78, 5) is 13.4. The summed E-state index contributed by atoms with van der Waals surface area (Å²) in [5.41, 5.74) is 1.94. The van der Waals surface area contributed by atoms with Gasteiger partial charge in [-0.1, -0.05) is 48.5 Å². The fourth-order valence-corrected chi connectivity index (χ4v) is 5.00. The van der Waals surface area contributed by atoms with Crippen molar-refractivity contribution >= 4 is 15.9 Å². The molecule has 2 heterocycles. The number of benzene rings is 2. The van der Waals surface area contributed by atoms with E-state index in [4.69, 9.17) is 0 Å². The van der Waals surface area contributed by atoms with Crippen molar-refractivity contribution in [1.82, 2.24) is 19.0 Å². The number of nitrogens with zero attached hydrogens (tertiary/aromatic N) is 4. The molecular formula is C21H22N4O3S. The Hall–Kier alpha value is -2.97. The average molecular weight is 410 g/mol. The van der Waals surface area contributed by atoms with Crippen molar-refractivity contribution in [2.45, 2.75) is 11.8 Å². The van der Waals surface area contributed by atoms with Gasteiger partial charge in [-0.3, -0.25) is 4.79 Å². The Labute approximate surface area is 170 Å². The molecule has 0 saturated carbocycles. The molecule has 2 aromatic carbocycles. The minimum atomic E-state index is -3.77. The van der Waals surface area contributed by atoms with Gasteiger partial charge in [0.15, 0.2) is 0 Å². The predicted molar refractivity (Wildman–Crippen MR) is 110 cm³/mol. The lowest BCUT2D eigenvalue weighted by Crippen LogP contribution is -2.49. The Kier molecular flexibility index (Phi) is 5.21. The standard InChI is InChI=1S/C21H22N4O3S/c1-17(26)23-12-14-24(15-13-23)29(27,28)20-16-25(19-10-6-3-7-11-19)22-21(20)18-8-4-2-5-9-18/h2-11,16H,12-15H2,1H3. The molecule has 0 unspecified atom stereocenters. The van der Waals surface area contributed by atoms with Crippen LogP contribution < -0.4 is 0 Å². The van der Waals surface area contributed by atoms with E-state index in [1.54, 1.807) is 15.8 Å². The van der Waals surface area contributed by atoms with Gasteiger partial charge in [0.1, 0.15) is 10.6 Å². The molecule has 7 nitrogen and oxygen atoms in total. The highest BCUT2D eigenvalue weighted by atomic mass is 32.2. The number of rotatable bonds is 4. The summed E-state index contributed by atoms with van der Waals surface area (Å²) in [7, 11) is -3.77. The zero-order chi connectivity index (χ0) is 20.4. The van der Waals surface area contributed by atoms with Gasteiger partial charge < -0.3 is 4.90 Å². The Balaban J connectivity index is 1.76. The molecule has 1 saturated heterocycles. The Bertz CT molecular complexity index is 1100. The van der Waals surface area contributed by atoms with Crippen LogP contribution in [0.4, 0.5) is 0 Å². The van der Waals surface area contributed by atoms with E-state index in [0.717, 1.165) is 11.3 Å². The molecule has 8 heteroatoms. The maximum absolute atomic E-state index is 13.5. The summed E-state index contributed by atoms with van der Waals surface area (Å²) in [6.07, 6.45) is 1.57. The van der Waals surface area contributed by atoms with Gasteiger partial charge in [0.2, 0.25) is 15.9 Å². The van der Waals surface area contributed by atoms with Crippen LogP contribution in [0.15, 0.2) is 71.8 Å². The topological polar surface area (TPSA) is 75.5 Å². The van der Waals surface area contributed by atoms with Gasteiger partial charge in [0.25, 0.3) is 0 Å². The van der Waals surface area contributed by atoms with Crippen LogP contribution >= 0.6 is 0 Å². The molecule has 150 valence electrons. The molecule has 0 bridgehead atoms. The number of aromatic nitrogens is 2. The molecule has 0 aliphatic carbocycles. The quantitative estimate of drug-likeness (QED) is 0.662. The molecule has 3 aromatic rings.